The van der Waals surface area contributed by atoms with E-state index >= 15 is 0 Å². The SMILES string of the molecule is CCCCCCCCCCCCCCCCC(Cc1cc(C)c(O)c(C(C)(C)C)c1)C(=O)O. The van der Waals surface area contributed by atoms with Gasteiger partial charge >= 0.3 is 5.97 Å². The Morgan fingerprint density at radius 1 is 0.818 bits per heavy atom. The molecule has 190 valence electrons. The fourth-order valence-corrected chi connectivity index (χ4v) is 4.73. The van der Waals surface area contributed by atoms with Crippen molar-refractivity contribution in [2.45, 2.75) is 143 Å². The summed E-state index contributed by atoms with van der Waals surface area (Å²) < 4.78 is 0. The average Bonchev–Trinajstić information content (AvgIpc) is 2.74. The number of benzene rings is 1. The minimum Gasteiger partial charge on any atom is -0.507 e. The van der Waals surface area contributed by atoms with Crippen LogP contribution in [0.3, 0.4) is 0 Å². The van der Waals surface area contributed by atoms with E-state index in [1.807, 2.05) is 19.1 Å². The molecule has 1 atom stereocenters. The zero-order chi connectivity index (χ0) is 24.7. The number of carbonyl (C=O) groups is 1. The van der Waals surface area contributed by atoms with E-state index in [0.717, 1.165) is 36.0 Å². The second kappa shape index (κ2) is 16.2. The Labute approximate surface area is 204 Å². The van der Waals surface area contributed by atoms with Crippen LogP contribution in [0.25, 0.3) is 0 Å². The second-order valence-corrected chi connectivity index (χ2v) is 11.2. The third-order valence-corrected chi connectivity index (χ3v) is 6.91. The molecule has 0 fully saturated rings. The van der Waals surface area contributed by atoms with E-state index in [4.69, 9.17) is 0 Å². The lowest BCUT2D eigenvalue weighted by Crippen LogP contribution is -2.18. The molecule has 1 rings (SSSR count). The highest BCUT2D eigenvalue weighted by Crippen LogP contribution is 2.35. The molecule has 0 heterocycles. The molecule has 1 aromatic rings. The Kier molecular flexibility index (Phi) is 14.5. The van der Waals surface area contributed by atoms with Crippen molar-refractivity contribution >= 4 is 5.97 Å². The monoisotopic (exact) mass is 460 g/mol. The van der Waals surface area contributed by atoms with Gasteiger partial charge in [-0.25, -0.2) is 0 Å². The highest BCUT2D eigenvalue weighted by Gasteiger charge is 2.23. The Balaban J connectivity index is 2.26. The summed E-state index contributed by atoms with van der Waals surface area (Å²) in [5.74, 6) is -0.711. The fraction of sp³-hybridized carbons (Fsp3) is 0.767. The number of aryl methyl sites for hydroxylation is 1. The van der Waals surface area contributed by atoms with E-state index in [1.54, 1.807) is 0 Å². The van der Waals surface area contributed by atoms with Crippen molar-refractivity contribution in [2.75, 3.05) is 0 Å². The molecule has 0 aromatic heterocycles. The highest BCUT2D eigenvalue weighted by atomic mass is 16.4. The van der Waals surface area contributed by atoms with Crippen LogP contribution in [0.5, 0.6) is 5.75 Å². The van der Waals surface area contributed by atoms with Gasteiger partial charge in [-0.15, -0.1) is 0 Å². The largest absolute Gasteiger partial charge is 0.507 e. The smallest absolute Gasteiger partial charge is 0.306 e. The van der Waals surface area contributed by atoms with Gasteiger partial charge in [0, 0.05) is 0 Å². The fourth-order valence-electron chi connectivity index (χ4n) is 4.73. The summed E-state index contributed by atoms with van der Waals surface area (Å²) in [7, 11) is 0. The maximum absolute atomic E-state index is 11.9. The predicted octanol–water partition coefficient (Wildman–Crippen LogP) is 9.11. The molecule has 0 bridgehead atoms. The van der Waals surface area contributed by atoms with Gasteiger partial charge in [0.15, 0.2) is 0 Å². The standard InChI is InChI=1S/C30H52O3/c1-6-7-8-9-10-11-12-13-14-15-16-17-18-19-20-26(29(32)33)22-25-21-24(2)28(31)27(23-25)30(3,4)5/h21,23,26,31H,6-20,22H2,1-5H3,(H,32,33). The van der Waals surface area contributed by atoms with Crippen molar-refractivity contribution < 1.29 is 15.0 Å². The van der Waals surface area contributed by atoms with Crippen LogP contribution in [-0.4, -0.2) is 16.2 Å². The summed E-state index contributed by atoms with van der Waals surface area (Å²) in [4.78, 5) is 11.9. The van der Waals surface area contributed by atoms with Gasteiger partial charge in [-0.3, -0.25) is 4.79 Å². The minimum atomic E-state index is -0.701. The van der Waals surface area contributed by atoms with Gasteiger partial charge in [-0.1, -0.05) is 130 Å². The number of carboxylic acids is 1. The van der Waals surface area contributed by atoms with Crippen LogP contribution in [0.2, 0.25) is 0 Å². The topological polar surface area (TPSA) is 57.5 Å². The first-order chi connectivity index (χ1) is 15.7. The first-order valence-electron chi connectivity index (χ1n) is 13.7. The summed E-state index contributed by atoms with van der Waals surface area (Å²) >= 11 is 0. The third-order valence-electron chi connectivity index (χ3n) is 6.91. The predicted molar refractivity (Wildman–Crippen MR) is 141 cm³/mol. The molecule has 0 spiro atoms. The van der Waals surface area contributed by atoms with Crippen molar-refractivity contribution in [3.8, 4) is 5.75 Å². The van der Waals surface area contributed by atoms with E-state index < -0.39 is 5.97 Å². The Hall–Kier alpha value is -1.51. The molecule has 0 saturated heterocycles. The maximum atomic E-state index is 11.9. The number of aliphatic carboxylic acids is 1. The first-order valence-corrected chi connectivity index (χ1v) is 13.7. The number of aromatic hydroxyl groups is 1. The Morgan fingerprint density at radius 2 is 1.27 bits per heavy atom. The number of phenolic OH excluding ortho intramolecular Hbond substituents is 1. The lowest BCUT2D eigenvalue weighted by Gasteiger charge is -2.23. The quantitative estimate of drug-likeness (QED) is 0.215. The molecule has 33 heavy (non-hydrogen) atoms. The Morgan fingerprint density at radius 3 is 1.70 bits per heavy atom. The second-order valence-electron chi connectivity index (χ2n) is 11.2. The van der Waals surface area contributed by atoms with Crippen molar-refractivity contribution in [3.05, 3.63) is 28.8 Å². The number of hydrogen-bond acceptors (Lipinski definition) is 2. The molecule has 0 aliphatic heterocycles. The molecule has 0 aliphatic carbocycles. The van der Waals surface area contributed by atoms with E-state index in [1.165, 1.54) is 77.0 Å². The molecule has 3 nitrogen and oxygen atoms in total. The minimum absolute atomic E-state index is 0.168. The van der Waals surface area contributed by atoms with E-state index in [0.29, 0.717) is 12.2 Å². The molecule has 0 amide bonds. The highest BCUT2D eigenvalue weighted by molar-refractivity contribution is 5.70. The maximum Gasteiger partial charge on any atom is 0.306 e. The van der Waals surface area contributed by atoms with Gasteiger partial charge in [-0.2, -0.15) is 0 Å². The van der Waals surface area contributed by atoms with Crippen molar-refractivity contribution in [2.24, 2.45) is 5.92 Å². The summed E-state index contributed by atoms with van der Waals surface area (Å²) in [6, 6.07) is 3.95. The van der Waals surface area contributed by atoms with Crippen LogP contribution in [0.15, 0.2) is 12.1 Å². The van der Waals surface area contributed by atoms with Gasteiger partial charge in [0.2, 0.25) is 0 Å². The molecular formula is C30H52O3. The summed E-state index contributed by atoms with van der Waals surface area (Å²) in [5.41, 5.74) is 2.59. The number of rotatable bonds is 18. The van der Waals surface area contributed by atoms with Gasteiger partial charge in [0.1, 0.15) is 5.75 Å². The molecule has 1 aromatic carbocycles. The van der Waals surface area contributed by atoms with E-state index in [2.05, 4.69) is 27.7 Å². The van der Waals surface area contributed by atoms with Crippen molar-refractivity contribution in [3.63, 3.8) is 0 Å². The number of hydrogen-bond donors (Lipinski definition) is 2. The van der Waals surface area contributed by atoms with Crippen molar-refractivity contribution in [1.82, 2.24) is 0 Å². The molecular weight excluding hydrogens is 408 g/mol. The van der Waals surface area contributed by atoms with Crippen molar-refractivity contribution in [1.29, 1.82) is 0 Å². The molecule has 0 radical (unpaired) electrons. The van der Waals surface area contributed by atoms with Crippen LogP contribution in [-0.2, 0) is 16.6 Å². The normalized spacial score (nSPS) is 12.8. The number of unbranched alkanes of at least 4 members (excludes halogenated alkanes) is 13. The van der Waals surface area contributed by atoms with E-state index in [9.17, 15) is 15.0 Å². The summed E-state index contributed by atoms with van der Waals surface area (Å²) in [6.45, 7) is 10.4. The van der Waals surface area contributed by atoms with Gasteiger partial charge < -0.3 is 10.2 Å². The molecule has 3 heteroatoms. The molecule has 1 unspecified atom stereocenters. The average molecular weight is 461 g/mol. The molecule has 0 saturated carbocycles. The zero-order valence-corrected chi connectivity index (χ0v) is 22.3. The zero-order valence-electron chi connectivity index (χ0n) is 22.3. The van der Waals surface area contributed by atoms with Gasteiger partial charge in [-0.05, 0) is 41.9 Å². The van der Waals surface area contributed by atoms with Gasteiger partial charge in [0.25, 0.3) is 0 Å². The summed E-state index contributed by atoms with van der Waals surface area (Å²) in [5, 5.41) is 20.2. The number of carboxylic acid groups (broad SMARTS) is 1. The third kappa shape index (κ3) is 12.5. The van der Waals surface area contributed by atoms with Crippen LogP contribution >= 0.6 is 0 Å². The van der Waals surface area contributed by atoms with Crippen LogP contribution < -0.4 is 0 Å². The van der Waals surface area contributed by atoms with E-state index in [-0.39, 0.29) is 11.3 Å². The molecule has 0 aliphatic rings. The van der Waals surface area contributed by atoms with Gasteiger partial charge in [0.05, 0.1) is 5.92 Å². The molecule has 2 N–H and O–H groups in total. The Bertz CT molecular complexity index is 672. The summed E-state index contributed by atoms with van der Waals surface area (Å²) in [6.07, 6.45) is 19.7. The van der Waals surface area contributed by atoms with Crippen LogP contribution in [0.4, 0.5) is 0 Å². The lowest BCUT2D eigenvalue weighted by atomic mass is 9.82. The van der Waals surface area contributed by atoms with Crippen LogP contribution in [0, 0.1) is 12.8 Å². The number of phenols is 1. The first kappa shape index (κ1) is 29.5. The van der Waals surface area contributed by atoms with Crippen LogP contribution in [0.1, 0.15) is 141 Å². The lowest BCUT2D eigenvalue weighted by molar-refractivity contribution is -0.142.